The first-order chi connectivity index (χ1) is 13.0. The molecule has 3 heteroatoms. The van der Waals surface area contributed by atoms with Gasteiger partial charge in [0, 0.05) is 18.0 Å². The van der Waals surface area contributed by atoms with E-state index in [9.17, 15) is 0 Å². The molecule has 0 aliphatic heterocycles. The molecule has 0 radical (unpaired) electrons. The Hall–Kier alpha value is -0.930. The number of hydrogen-bond acceptors (Lipinski definition) is 2. The minimum atomic E-state index is 0.406. The number of hydrogen-bond donors (Lipinski definition) is 2. The SMILES string of the molecule is CC12CC3CC(c4ccccc4)(CC(C1)C3C(=S)N[C@H]1CC[C@H](N)CC1)C2. The zero-order chi connectivity index (χ0) is 18.6. The second-order valence-electron chi connectivity index (χ2n) is 10.6. The molecule has 5 aliphatic carbocycles. The molecule has 0 aromatic heterocycles. The molecule has 2 nitrogen and oxygen atoms in total. The van der Waals surface area contributed by atoms with Crippen molar-refractivity contribution in [3.8, 4) is 0 Å². The van der Waals surface area contributed by atoms with Gasteiger partial charge < -0.3 is 11.1 Å². The van der Waals surface area contributed by atoms with Crippen LogP contribution in [-0.4, -0.2) is 17.1 Å². The maximum atomic E-state index is 6.09. The van der Waals surface area contributed by atoms with E-state index in [0.29, 0.717) is 28.8 Å². The summed E-state index contributed by atoms with van der Waals surface area (Å²) in [5.41, 5.74) is 8.60. The molecule has 5 aliphatic rings. The van der Waals surface area contributed by atoms with Crippen molar-refractivity contribution in [1.29, 1.82) is 0 Å². The number of thiocarbonyl (C=S) groups is 1. The molecule has 3 N–H and O–H groups in total. The molecule has 1 aromatic rings. The van der Waals surface area contributed by atoms with Crippen LogP contribution in [0.15, 0.2) is 30.3 Å². The molecule has 1 aromatic carbocycles. The Kier molecular flexibility index (Phi) is 4.40. The quantitative estimate of drug-likeness (QED) is 0.726. The highest BCUT2D eigenvalue weighted by Crippen LogP contribution is 2.67. The van der Waals surface area contributed by atoms with Crippen molar-refractivity contribution in [3.05, 3.63) is 35.9 Å². The molecule has 0 saturated heterocycles. The molecule has 6 rings (SSSR count). The van der Waals surface area contributed by atoms with Gasteiger partial charge in [0.05, 0.1) is 4.99 Å². The zero-order valence-corrected chi connectivity index (χ0v) is 17.4. The molecular weight excluding hydrogens is 348 g/mol. The van der Waals surface area contributed by atoms with E-state index in [0.717, 1.165) is 24.7 Å². The lowest BCUT2D eigenvalue weighted by molar-refractivity contribution is -0.0828. The summed E-state index contributed by atoms with van der Waals surface area (Å²) in [7, 11) is 0. The van der Waals surface area contributed by atoms with Crippen molar-refractivity contribution in [2.24, 2.45) is 28.9 Å². The van der Waals surface area contributed by atoms with Crippen LogP contribution >= 0.6 is 12.2 Å². The Morgan fingerprint density at radius 2 is 1.63 bits per heavy atom. The lowest BCUT2D eigenvalue weighted by atomic mass is 9.40. The summed E-state index contributed by atoms with van der Waals surface area (Å²) in [6.45, 7) is 2.55. The van der Waals surface area contributed by atoms with E-state index < -0.39 is 0 Å². The van der Waals surface area contributed by atoms with Crippen LogP contribution in [0.2, 0.25) is 0 Å². The first-order valence-corrected chi connectivity index (χ1v) is 11.5. The fourth-order valence-corrected chi connectivity index (χ4v) is 8.25. The van der Waals surface area contributed by atoms with Crippen LogP contribution in [-0.2, 0) is 5.41 Å². The van der Waals surface area contributed by atoms with Gasteiger partial charge in [-0.15, -0.1) is 0 Å². The van der Waals surface area contributed by atoms with Gasteiger partial charge in [0.2, 0.25) is 0 Å². The molecule has 146 valence electrons. The zero-order valence-electron chi connectivity index (χ0n) is 16.6. The smallest absolute Gasteiger partial charge is 0.0792 e. The minimum Gasteiger partial charge on any atom is -0.377 e. The molecule has 5 saturated carbocycles. The van der Waals surface area contributed by atoms with Crippen molar-refractivity contribution in [2.75, 3.05) is 0 Å². The van der Waals surface area contributed by atoms with Gasteiger partial charge in [-0.3, -0.25) is 0 Å². The molecule has 0 heterocycles. The third-order valence-electron chi connectivity index (χ3n) is 8.40. The van der Waals surface area contributed by atoms with Crippen LogP contribution in [0, 0.1) is 23.2 Å². The Morgan fingerprint density at radius 3 is 2.26 bits per heavy atom. The Balaban J connectivity index is 1.35. The molecule has 2 unspecified atom stereocenters. The fraction of sp³-hybridized carbons (Fsp3) is 0.708. The van der Waals surface area contributed by atoms with E-state index >= 15 is 0 Å². The van der Waals surface area contributed by atoms with Gasteiger partial charge in [-0.05, 0) is 86.0 Å². The number of nitrogens with two attached hydrogens (primary N) is 1. The Morgan fingerprint density at radius 1 is 1.00 bits per heavy atom. The van der Waals surface area contributed by atoms with Gasteiger partial charge in [-0.25, -0.2) is 0 Å². The molecule has 5 fully saturated rings. The molecular formula is C24H34N2S. The number of rotatable bonds is 3. The topological polar surface area (TPSA) is 38.0 Å². The Bertz CT molecular complexity index is 690. The van der Waals surface area contributed by atoms with E-state index in [2.05, 4.69) is 42.6 Å². The maximum absolute atomic E-state index is 6.09. The third kappa shape index (κ3) is 3.15. The lowest BCUT2D eigenvalue weighted by Crippen LogP contribution is -2.60. The second-order valence-corrected chi connectivity index (χ2v) is 11.1. The average molecular weight is 383 g/mol. The first-order valence-electron chi connectivity index (χ1n) is 11.1. The Labute approximate surface area is 169 Å². The van der Waals surface area contributed by atoms with E-state index in [4.69, 9.17) is 18.0 Å². The summed E-state index contributed by atoms with van der Waals surface area (Å²) in [5.74, 6) is 2.14. The van der Waals surface area contributed by atoms with Crippen LogP contribution in [0.5, 0.6) is 0 Å². The molecule has 4 bridgehead atoms. The van der Waals surface area contributed by atoms with Gasteiger partial charge in [0.25, 0.3) is 0 Å². The summed E-state index contributed by atoms with van der Waals surface area (Å²) in [6, 6.07) is 12.3. The van der Waals surface area contributed by atoms with Crippen molar-refractivity contribution >= 4 is 17.2 Å². The van der Waals surface area contributed by atoms with E-state index in [-0.39, 0.29) is 0 Å². The van der Waals surface area contributed by atoms with Crippen LogP contribution < -0.4 is 11.1 Å². The van der Waals surface area contributed by atoms with E-state index in [1.807, 2.05) is 0 Å². The van der Waals surface area contributed by atoms with Gasteiger partial charge in [-0.2, -0.15) is 0 Å². The van der Waals surface area contributed by atoms with E-state index in [1.54, 1.807) is 5.56 Å². The van der Waals surface area contributed by atoms with Crippen molar-refractivity contribution < 1.29 is 0 Å². The highest BCUT2D eigenvalue weighted by molar-refractivity contribution is 7.80. The first kappa shape index (κ1) is 18.1. The standard InChI is InChI=1S/C24H34N2S/c1-23-11-16-13-24(15-23,18-5-3-2-4-6-18)14-17(12-23)21(16)22(27)26-20-9-7-19(25)8-10-20/h2-6,16-17,19-21H,7-15,25H2,1H3,(H,26,27)/t16?,17?,19-,20-,21?,23?,24?. The van der Waals surface area contributed by atoms with Gasteiger partial charge in [-0.1, -0.05) is 49.5 Å². The summed E-state index contributed by atoms with van der Waals surface area (Å²) in [5, 5.41) is 3.81. The highest BCUT2D eigenvalue weighted by Gasteiger charge is 2.60. The minimum absolute atomic E-state index is 0.406. The molecule has 2 atom stereocenters. The van der Waals surface area contributed by atoms with Gasteiger partial charge in [0.1, 0.15) is 0 Å². The summed E-state index contributed by atoms with van der Waals surface area (Å²) in [6.07, 6.45) is 11.5. The van der Waals surface area contributed by atoms with Gasteiger partial charge >= 0.3 is 0 Å². The van der Waals surface area contributed by atoms with Crippen molar-refractivity contribution in [2.45, 2.75) is 82.2 Å². The monoisotopic (exact) mass is 382 g/mol. The second kappa shape index (κ2) is 6.56. The summed E-state index contributed by atoms with van der Waals surface area (Å²) in [4.78, 5) is 1.19. The van der Waals surface area contributed by atoms with Gasteiger partial charge in [0.15, 0.2) is 0 Å². The van der Waals surface area contributed by atoms with Crippen LogP contribution in [0.4, 0.5) is 0 Å². The van der Waals surface area contributed by atoms with Crippen LogP contribution in [0.25, 0.3) is 0 Å². The van der Waals surface area contributed by atoms with Crippen molar-refractivity contribution in [3.63, 3.8) is 0 Å². The normalized spacial score (nSPS) is 45.6. The summed E-state index contributed by atoms with van der Waals surface area (Å²) >= 11 is 6.04. The third-order valence-corrected chi connectivity index (χ3v) is 8.79. The lowest BCUT2D eigenvalue weighted by Gasteiger charge is -2.64. The fourth-order valence-electron chi connectivity index (χ4n) is 7.70. The molecule has 27 heavy (non-hydrogen) atoms. The van der Waals surface area contributed by atoms with E-state index in [1.165, 1.54) is 49.9 Å². The summed E-state index contributed by atoms with van der Waals surface area (Å²) < 4.78 is 0. The molecule has 0 amide bonds. The average Bonchev–Trinajstić information content (AvgIpc) is 2.63. The van der Waals surface area contributed by atoms with Crippen molar-refractivity contribution in [1.82, 2.24) is 5.32 Å². The van der Waals surface area contributed by atoms with Crippen LogP contribution in [0.1, 0.15) is 70.3 Å². The molecule has 0 spiro atoms. The number of nitrogens with one attached hydrogen (secondary N) is 1. The predicted molar refractivity (Wildman–Crippen MR) is 116 cm³/mol. The van der Waals surface area contributed by atoms with Crippen LogP contribution in [0.3, 0.4) is 0 Å². The largest absolute Gasteiger partial charge is 0.377 e. The maximum Gasteiger partial charge on any atom is 0.0792 e. The number of benzene rings is 1. The predicted octanol–water partition coefficient (Wildman–Crippen LogP) is 4.96. The highest BCUT2D eigenvalue weighted by atomic mass is 32.1.